The molecule has 0 saturated heterocycles. The first-order chi connectivity index (χ1) is 15.8. The van der Waals surface area contributed by atoms with E-state index in [0.717, 1.165) is 19.3 Å². The molecular weight excluding hydrogens is 420 g/mol. The number of nitrogens with one attached hydrogen (secondary N) is 2. The van der Waals surface area contributed by atoms with Gasteiger partial charge in [0, 0.05) is 12.0 Å². The summed E-state index contributed by atoms with van der Waals surface area (Å²) in [4.78, 5) is 40.8. The van der Waals surface area contributed by atoms with Crippen LogP contribution in [0.3, 0.4) is 0 Å². The second-order valence-corrected chi connectivity index (χ2v) is 9.17. The molecule has 0 bridgehead atoms. The van der Waals surface area contributed by atoms with Crippen molar-refractivity contribution in [3.8, 4) is 0 Å². The van der Waals surface area contributed by atoms with Crippen molar-refractivity contribution in [2.24, 2.45) is 5.92 Å². The number of aromatic nitrogens is 4. The lowest BCUT2D eigenvalue weighted by molar-refractivity contribution is -0.133. The Morgan fingerprint density at radius 2 is 1.79 bits per heavy atom. The Morgan fingerprint density at radius 1 is 1.09 bits per heavy atom. The van der Waals surface area contributed by atoms with E-state index in [4.69, 9.17) is 0 Å². The molecule has 1 aliphatic carbocycles. The number of nitrogens with zero attached hydrogens (tertiary/aromatic N) is 4. The summed E-state index contributed by atoms with van der Waals surface area (Å²) < 4.78 is 0. The number of hydrogen-bond donors (Lipinski definition) is 2. The number of hydrogen-bond acceptors (Lipinski definition) is 6. The second kappa shape index (κ2) is 11.2. The summed E-state index contributed by atoms with van der Waals surface area (Å²) in [7, 11) is 0. The van der Waals surface area contributed by atoms with E-state index in [2.05, 4.69) is 26.0 Å². The number of rotatable bonds is 10. The van der Waals surface area contributed by atoms with Crippen molar-refractivity contribution in [1.82, 2.24) is 30.8 Å². The van der Waals surface area contributed by atoms with E-state index in [9.17, 15) is 14.4 Å². The molecule has 3 rings (SSSR count). The first-order valence-corrected chi connectivity index (χ1v) is 11.8. The van der Waals surface area contributed by atoms with Crippen LogP contribution < -0.4 is 10.6 Å². The first-order valence-electron chi connectivity index (χ1n) is 11.8. The minimum absolute atomic E-state index is 0.0615. The zero-order chi connectivity index (χ0) is 23.8. The van der Waals surface area contributed by atoms with Crippen LogP contribution in [0.1, 0.15) is 75.5 Å². The Kier molecular flexibility index (Phi) is 8.30. The van der Waals surface area contributed by atoms with Crippen molar-refractivity contribution in [3.63, 3.8) is 0 Å². The van der Waals surface area contributed by atoms with E-state index in [-0.39, 0.29) is 30.1 Å². The molecule has 9 nitrogen and oxygen atoms in total. The minimum atomic E-state index is -1.03. The van der Waals surface area contributed by atoms with Crippen molar-refractivity contribution in [1.29, 1.82) is 0 Å². The molecule has 1 fully saturated rings. The normalized spacial score (nSPS) is 16.2. The average Bonchev–Trinajstić information content (AvgIpc) is 3.27. The third kappa shape index (κ3) is 6.46. The summed E-state index contributed by atoms with van der Waals surface area (Å²) in [5.74, 6) is -0.00516. The number of Topliss-reactive ketones (excluding diaryl/α,β-unsaturated/α-hetero) is 1. The summed E-state index contributed by atoms with van der Waals surface area (Å²) in [5.41, 5.74) is -0.518. The quantitative estimate of drug-likeness (QED) is 0.569. The van der Waals surface area contributed by atoms with Crippen LogP contribution in [0.5, 0.6) is 0 Å². The van der Waals surface area contributed by atoms with Gasteiger partial charge in [-0.1, -0.05) is 58.2 Å². The second-order valence-electron chi connectivity index (χ2n) is 9.17. The maximum Gasteiger partial charge on any atom is 0.252 e. The molecule has 1 atom stereocenters. The highest BCUT2D eigenvalue weighted by Gasteiger charge is 2.42. The lowest BCUT2D eigenvalue weighted by atomic mass is 9.80. The molecule has 1 aromatic carbocycles. The maximum atomic E-state index is 13.6. The van der Waals surface area contributed by atoms with Crippen molar-refractivity contribution in [2.45, 2.75) is 83.8 Å². The molecule has 178 valence electrons. The Hall–Kier alpha value is -3.10. The molecule has 1 aromatic heterocycles. The highest BCUT2D eigenvalue weighted by molar-refractivity contribution is 6.00. The van der Waals surface area contributed by atoms with Gasteiger partial charge in [-0.2, -0.15) is 4.80 Å². The summed E-state index contributed by atoms with van der Waals surface area (Å²) >= 11 is 0. The highest BCUT2D eigenvalue weighted by Crippen LogP contribution is 2.29. The molecular formula is C24H34N6O3. The zero-order valence-corrected chi connectivity index (χ0v) is 19.7. The molecule has 1 aliphatic rings. The monoisotopic (exact) mass is 454 g/mol. The van der Waals surface area contributed by atoms with Crippen LogP contribution in [0.25, 0.3) is 0 Å². The van der Waals surface area contributed by atoms with E-state index < -0.39 is 11.6 Å². The predicted molar refractivity (Wildman–Crippen MR) is 123 cm³/mol. The molecule has 0 spiro atoms. The van der Waals surface area contributed by atoms with Crippen LogP contribution in [0.15, 0.2) is 30.3 Å². The van der Waals surface area contributed by atoms with Gasteiger partial charge in [0.1, 0.15) is 12.1 Å². The SMILES string of the molecule is CCc1nnn(CC(=O)[C@H](CC(C)C)NC(=O)C2(NC(=O)c3ccccc3)CCCCC2)n1. The van der Waals surface area contributed by atoms with Crippen LogP contribution in [-0.2, 0) is 22.6 Å². The average molecular weight is 455 g/mol. The Labute approximate surface area is 194 Å². The van der Waals surface area contributed by atoms with E-state index in [1.165, 1.54) is 4.80 Å². The Balaban J connectivity index is 1.76. The standard InChI is InChI=1S/C24H34N6O3/c1-4-21-27-29-30(28-21)16-20(31)19(15-17(2)3)25-23(33)24(13-9-6-10-14-24)26-22(32)18-11-7-5-8-12-18/h5,7-8,11-12,17,19H,4,6,9-10,13-16H2,1-3H3,(H,25,33)(H,26,32)/t19-/m0/s1. The van der Waals surface area contributed by atoms with E-state index in [0.29, 0.717) is 37.1 Å². The summed E-state index contributed by atoms with van der Waals surface area (Å²) in [5, 5.41) is 18.0. The number of tetrazole rings is 1. The minimum Gasteiger partial charge on any atom is -0.344 e. The molecule has 2 aromatic rings. The van der Waals surface area contributed by atoms with Gasteiger partial charge in [-0.3, -0.25) is 14.4 Å². The third-order valence-corrected chi connectivity index (χ3v) is 6.04. The van der Waals surface area contributed by atoms with Crippen LogP contribution in [-0.4, -0.2) is 49.4 Å². The number of amides is 2. The van der Waals surface area contributed by atoms with Gasteiger partial charge < -0.3 is 10.6 Å². The number of carbonyl (C=O) groups is 3. The number of ketones is 1. The van der Waals surface area contributed by atoms with Gasteiger partial charge in [-0.15, -0.1) is 10.2 Å². The lowest BCUT2D eigenvalue weighted by Gasteiger charge is -2.37. The fourth-order valence-electron chi connectivity index (χ4n) is 4.22. The topological polar surface area (TPSA) is 119 Å². The molecule has 0 radical (unpaired) electrons. The van der Waals surface area contributed by atoms with E-state index in [1.807, 2.05) is 26.8 Å². The number of carbonyl (C=O) groups excluding carboxylic acids is 3. The van der Waals surface area contributed by atoms with Gasteiger partial charge in [-0.25, -0.2) is 0 Å². The van der Waals surface area contributed by atoms with Gasteiger partial charge in [0.25, 0.3) is 5.91 Å². The lowest BCUT2D eigenvalue weighted by Crippen LogP contribution is -2.62. The van der Waals surface area contributed by atoms with Crippen molar-refractivity contribution in [2.75, 3.05) is 0 Å². The molecule has 0 aliphatic heterocycles. The fourth-order valence-corrected chi connectivity index (χ4v) is 4.22. The van der Waals surface area contributed by atoms with E-state index >= 15 is 0 Å². The van der Waals surface area contributed by atoms with Crippen LogP contribution in [0.4, 0.5) is 0 Å². The largest absolute Gasteiger partial charge is 0.344 e. The molecule has 9 heteroatoms. The number of aryl methyl sites for hydroxylation is 1. The molecule has 1 heterocycles. The Bertz CT molecular complexity index is 950. The smallest absolute Gasteiger partial charge is 0.252 e. The van der Waals surface area contributed by atoms with Crippen LogP contribution >= 0.6 is 0 Å². The third-order valence-electron chi connectivity index (χ3n) is 6.04. The predicted octanol–water partition coefficient (Wildman–Crippen LogP) is 2.47. The van der Waals surface area contributed by atoms with Crippen molar-refractivity contribution < 1.29 is 14.4 Å². The first kappa shape index (κ1) is 24.5. The molecule has 2 amide bonds. The molecule has 0 unspecified atom stereocenters. The summed E-state index contributed by atoms with van der Waals surface area (Å²) in [6, 6.07) is 8.19. The van der Waals surface area contributed by atoms with Crippen LogP contribution in [0, 0.1) is 5.92 Å². The molecule has 2 N–H and O–H groups in total. The fraction of sp³-hybridized carbons (Fsp3) is 0.583. The molecule has 1 saturated carbocycles. The van der Waals surface area contributed by atoms with E-state index in [1.54, 1.807) is 24.3 Å². The highest BCUT2D eigenvalue weighted by atomic mass is 16.2. The number of benzene rings is 1. The maximum absolute atomic E-state index is 13.6. The van der Waals surface area contributed by atoms with Crippen LogP contribution in [0.2, 0.25) is 0 Å². The van der Waals surface area contributed by atoms with Gasteiger partial charge in [0.2, 0.25) is 5.91 Å². The summed E-state index contributed by atoms with van der Waals surface area (Å²) in [6.07, 6.45) is 4.91. The van der Waals surface area contributed by atoms with Crippen molar-refractivity contribution >= 4 is 17.6 Å². The zero-order valence-electron chi connectivity index (χ0n) is 19.7. The summed E-state index contributed by atoms with van der Waals surface area (Å²) in [6.45, 7) is 5.86. The molecule has 33 heavy (non-hydrogen) atoms. The van der Waals surface area contributed by atoms with Gasteiger partial charge in [-0.05, 0) is 42.5 Å². The Morgan fingerprint density at radius 3 is 2.39 bits per heavy atom. The van der Waals surface area contributed by atoms with Gasteiger partial charge >= 0.3 is 0 Å². The van der Waals surface area contributed by atoms with Gasteiger partial charge in [0.15, 0.2) is 11.6 Å². The van der Waals surface area contributed by atoms with Crippen molar-refractivity contribution in [3.05, 3.63) is 41.7 Å². The van der Waals surface area contributed by atoms with Gasteiger partial charge in [0.05, 0.1) is 6.04 Å².